The molecule has 1 fully saturated rings. The Morgan fingerprint density at radius 2 is 2.42 bits per heavy atom. The highest BCUT2D eigenvalue weighted by atomic mass is 16.5. The van der Waals surface area contributed by atoms with Gasteiger partial charge in [-0.3, -0.25) is 0 Å². The third-order valence-corrected chi connectivity index (χ3v) is 2.07. The SMILES string of the molecule is Nc1noc(C2CCCCN2)n1. The topological polar surface area (TPSA) is 77.0 Å². The molecule has 12 heavy (non-hydrogen) atoms. The Hall–Kier alpha value is -1.10. The van der Waals surface area contributed by atoms with Gasteiger partial charge in [0.05, 0.1) is 6.04 Å². The molecule has 66 valence electrons. The summed E-state index contributed by atoms with van der Waals surface area (Å²) in [5, 5.41) is 6.84. The first kappa shape index (κ1) is 7.54. The van der Waals surface area contributed by atoms with Crippen LogP contribution in [0.3, 0.4) is 0 Å². The Morgan fingerprint density at radius 3 is 3.00 bits per heavy atom. The average molecular weight is 168 g/mol. The number of nitrogens with two attached hydrogens (primary N) is 1. The standard InChI is InChI=1S/C7H12N4O/c8-7-10-6(12-11-7)5-3-1-2-4-9-5/h5,9H,1-4H2,(H2,8,11). The summed E-state index contributed by atoms with van der Waals surface area (Å²) in [5.41, 5.74) is 5.34. The maximum absolute atomic E-state index is 5.34. The smallest absolute Gasteiger partial charge is 0.260 e. The maximum Gasteiger partial charge on any atom is 0.260 e. The van der Waals surface area contributed by atoms with Crippen LogP contribution < -0.4 is 11.1 Å². The summed E-state index contributed by atoms with van der Waals surface area (Å²) < 4.78 is 4.96. The van der Waals surface area contributed by atoms with Crippen LogP contribution in [0.25, 0.3) is 0 Å². The minimum Gasteiger partial charge on any atom is -0.365 e. The molecule has 1 saturated heterocycles. The molecule has 1 aliphatic rings. The van der Waals surface area contributed by atoms with Crippen molar-refractivity contribution in [2.45, 2.75) is 25.3 Å². The summed E-state index contributed by atoms with van der Waals surface area (Å²) in [6, 6.07) is 0.212. The highest BCUT2D eigenvalue weighted by Gasteiger charge is 2.19. The Labute approximate surface area is 70.3 Å². The molecule has 0 amide bonds. The number of nitrogens with zero attached hydrogens (tertiary/aromatic N) is 2. The Bertz CT molecular complexity index is 254. The van der Waals surface area contributed by atoms with Gasteiger partial charge in [0.2, 0.25) is 5.89 Å². The number of nitrogens with one attached hydrogen (secondary N) is 1. The molecule has 0 bridgehead atoms. The second kappa shape index (κ2) is 3.10. The van der Waals surface area contributed by atoms with Gasteiger partial charge in [-0.15, -0.1) is 0 Å². The molecule has 1 atom stereocenters. The molecule has 0 aromatic carbocycles. The zero-order valence-corrected chi connectivity index (χ0v) is 6.79. The van der Waals surface area contributed by atoms with Crippen LogP contribution in [0.2, 0.25) is 0 Å². The fourth-order valence-corrected chi connectivity index (χ4v) is 1.45. The van der Waals surface area contributed by atoms with Gasteiger partial charge in [0.25, 0.3) is 5.95 Å². The summed E-state index contributed by atoms with van der Waals surface area (Å²) in [6.45, 7) is 1.02. The van der Waals surface area contributed by atoms with Crippen LogP contribution in [0.5, 0.6) is 0 Å². The lowest BCUT2D eigenvalue weighted by Gasteiger charge is -2.19. The zero-order valence-electron chi connectivity index (χ0n) is 6.79. The molecule has 1 aromatic rings. The molecule has 0 radical (unpaired) electrons. The van der Waals surface area contributed by atoms with Gasteiger partial charge in [-0.1, -0.05) is 6.42 Å². The lowest BCUT2D eigenvalue weighted by molar-refractivity contribution is 0.297. The van der Waals surface area contributed by atoms with E-state index < -0.39 is 0 Å². The molecule has 1 unspecified atom stereocenters. The fourth-order valence-electron chi connectivity index (χ4n) is 1.45. The number of rotatable bonds is 1. The zero-order chi connectivity index (χ0) is 8.39. The van der Waals surface area contributed by atoms with Gasteiger partial charge >= 0.3 is 0 Å². The minimum atomic E-state index is 0.212. The van der Waals surface area contributed by atoms with Crippen molar-refractivity contribution in [1.82, 2.24) is 15.5 Å². The van der Waals surface area contributed by atoms with Crippen molar-refractivity contribution in [3.8, 4) is 0 Å². The van der Waals surface area contributed by atoms with E-state index in [-0.39, 0.29) is 12.0 Å². The molecule has 2 rings (SSSR count). The third-order valence-electron chi connectivity index (χ3n) is 2.07. The average Bonchev–Trinajstić information content (AvgIpc) is 2.54. The van der Waals surface area contributed by atoms with Crippen LogP contribution in [0.4, 0.5) is 5.95 Å². The van der Waals surface area contributed by atoms with Crippen molar-refractivity contribution in [2.75, 3.05) is 12.3 Å². The van der Waals surface area contributed by atoms with Crippen LogP contribution in [0.1, 0.15) is 31.2 Å². The molecular weight excluding hydrogens is 156 g/mol. The summed E-state index contributed by atoms with van der Waals surface area (Å²) in [7, 11) is 0. The number of hydrogen-bond acceptors (Lipinski definition) is 5. The summed E-state index contributed by atoms with van der Waals surface area (Å²) >= 11 is 0. The van der Waals surface area contributed by atoms with Gasteiger partial charge < -0.3 is 15.6 Å². The van der Waals surface area contributed by atoms with E-state index in [0.29, 0.717) is 5.89 Å². The number of piperidine rings is 1. The van der Waals surface area contributed by atoms with Gasteiger partial charge in [-0.05, 0) is 24.5 Å². The second-order valence-corrected chi connectivity index (χ2v) is 2.99. The third kappa shape index (κ3) is 1.40. The molecule has 3 N–H and O–H groups in total. The molecule has 0 saturated carbocycles. The van der Waals surface area contributed by atoms with Crippen molar-refractivity contribution in [3.63, 3.8) is 0 Å². The van der Waals surface area contributed by atoms with Crippen LogP contribution in [-0.2, 0) is 0 Å². The van der Waals surface area contributed by atoms with Crippen LogP contribution in [0.15, 0.2) is 4.52 Å². The van der Waals surface area contributed by atoms with Crippen molar-refractivity contribution < 1.29 is 4.52 Å². The molecule has 5 heteroatoms. The molecule has 1 aliphatic heterocycles. The van der Waals surface area contributed by atoms with Crippen LogP contribution in [-0.4, -0.2) is 16.7 Å². The van der Waals surface area contributed by atoms with Crippen molar-refractivity contribution in [1.29, 1.82) is 0 Å². The lowest BCUT2D eigenvalue weighted by atomic mass is 10.1. The molecule has 2 heterocycles. The molecule has 0 spiro atoms. The fraction of sp³-hybridized carbons (Fsp3) is 0.714. The van der Waals surface area contributed by atoms with E-state index in [1.165, 1.54) is 12.8 Å². The van der Waals surface area contributed by atoms with E-state index in [0.717, 1.165) is 13.0 Å². The number of hydrogen-bond donors (Lipinski definition) is 2. The van der Waals surface area contributed by atoms with Gasteiger partial charge in [-0.25, -0.2) is 0 Å². The lowest BCUT2D eigenvalue weighted by Crippen LogP contribution is -2.26. The highest BCUT2D eigenvalue weighted by Crippen LogP contribution is 2.21. The van der Waals surface area contributed by atoms with Crippen LogP contribution >= 0.6 is 0 Å². The van der Waals surface area contributed by atoms with Crippen molar-refractivity contribution in [3.05, 3.63) is 5.89 Å². The summed E-state index contributed by atoms with van der Waals surface area (Å²) in [5.74, 6) is 0.838. The quantitative estimate of drug-likeness (QED) is 0.637. The molecule has 0 aliphatic carbocycles. The first-order valence-corrected chi connectivity index (χ1v) is 4.19. The van der Waals surface area contributed by atoms with E-state index in [4.69, 9.17) is 10.3 Å². The normalized spacial score (nSPS) is 24.2. The van der Waals surface area contributed by atoms with Gasteiger partial charge in [0.15, 0.2) is 0 Å². The number of nitrogen functional groups attached to an aromatic ring is 1. The molecule has 1 aromatic heterocycles. The monoisotopic (exact) mass is 168 g/mol. The Kier molecular flexibility index (Phi) is 1.95. The van der Waals surface area contributed by atoms with Gasteiger partial charge in [0.1, 0.15) is 0 Å². The van der Waals surface area contributed by atoms with Crippen molar-refractivity contribution in [2.24, 2.45) is 0 Å². The molecular formula is C7H12N4O. The first-order chi connectivity index (χ1) is 5.86. The van der Waals surface area contributed by atoms with Gasteiger partial charge in [-0.2, -0.15) is 4.98 Å². The Balaban J connectivity index is 2.08. The van der Waals surface area contributed by atoms with Crippen molar-refractivity contribution >= 4 is 5.95 Å². The number of anilines is 1. The Morgan fingerprint density at radius 1 is 1.50 bits per heavy atom. The molecule has 5 nitrogen and oxygen atoms in total. The highest BCUT2D eigenvalue weighted by molar-refractivity contribution is 5.12. The van der Waals surface area contributed by atoms with E-state index in [2.05, 4.69) is 15.5 Å². The van der Waals surface area contributed by atoms with E-state index in [1.54, 1.807) is 0 Å². The van der Waals surface area contributed by atoms with E-state index in [1.807, 2.05) is 0 Å². The first-order valence-electron chi connectivity index (χ1n) is 4.19. The predicted octanol–water partition coefficient (Wildman–Crippen LogP) is 0.466. The summed E-state index contributed by atoms with van der Waals surface area (Å²) in [4.78, 5) is 3.97. The van der Waals surface area contributed by atoms with E-state index >= 15 is 0 Å². The largest absolute Gasteiger partial charge is 0.365 e. The van der Waals surface area contributed by atoms with Gasteiger partial charge in [0, 0.05) is 0 Å². The second-order valence-electron chi connectivity index (χ2n) is 2.99. The minimum absolute atomic E-state index is 0.212. The predicted molar refractivity (Wildman–Crippen MR) is 43.3 cm³/mol. The van der Waals surface area contributed by atoms with E-state index in [9.17, 15) is 0 Å². The summed E-state index contributed by atoms with van der Waals surface area (Å²) in [6.07, 6.45) is 3.49. The number of aromatic nitrogens is 2. The van der Waals surface area contributed by atoms with Crippen LogP contribution in [0, 0.1) is 0 Å². The maximum atomic E-state index is 5.34.